The van der Waals surface area contributed by atoms with Crippen molar-refractivity contribution in [3.8, 4) is 44.2 Å². The Balaban J connectivity index is 0.000000217. The zero-order chi connectivity index (χ0) is 32.1. The van der Waals surface area contributed by atoms with Gasteiger partial charge in [0.1, 0.15) is 5.01 Å². The van der Waals surface area contributed by atoms with Gasteiger partial charge in [0.25, 0.3) is 0 Å². The maximum atomic E-state index is 7.23. The van der Waals surface area contributed by atoms with Crippen molar-refractivity contribution in [1.82, 2.24) is 15.0 Å². The normalized spacial score (nSPS) is 11.9. The molecule has 0 saturated heterocycles. The maximum Gasteiger partial charge on any atom is 0.112 e. The van der Waals surface area contributed by atoms with E-state index in [0.717, 1.165) is 54.4 Å². The summed E-state index contributed by atoms with van der Waals surface area (Å²) in [4.78, 5) is 13.8. The van der Waals surface area contributed by atoms with Crippen molar-refractivity contribution in [3.63, 3.8) is 0 Å². The molecule has 0 aliphatic carbocycles. The minimum Gasteiger partial charge on any atom is -0.305 e. The fourth-order valence-electron chi connectivity index (χ4n) is 4.70. The van der Waals surface area contributed by atoms with Gasteiger partial charge in [0.2, 0.25) is 0 Å². The molecule has 1 radical (unpaired) electrons. The molecule has 0 aliphatic rings. The van der Waals surface area contributed by atoms with Gasteiger partial charge in [-0.1, -0.05) is 104 Å². The number of aromatic nitrogens is 3. The molecule has 7 aromatic rings. The van der Waals surface area contributed by atoms with Crippen LogP contribution in [0.5, 0.6) is 0 Å². The van der Waals surface area contributed by atoms with Gasteiger partial charge in [-0.15, -0.1) is 64.9 Å². The maximum absolute atomic E-state index is 7.23. The number of pyridine rings is 2. The third kappa shape index (κ3) is 7.26. The van der Waals surface area contributed by atoms with Gasteiger partial charge in [0.05, 0.1) is 0 Å². The molecule has 0 aliphatic heterocycles. The van der Waals surface area contributed by atoms with E-state index in [4.69, 9.17) is 9.10 Å². The van der Waals surface area contributed by atoms with Crippen molar-refractivity contribution >= 4 is 21.6 Å². The quantitative estimate of drug-likeness (QED) is 0.164. The van der Waals surface area contributed by atoms with Crippen molar-refractivity contribution in [1.29, 1.82) is 0 Å². The second-order valence-electron chi connectivity index (χ2n) is 10.4. The fourth-order valence-corrected chi connectivity index (χ4v) is 5.70. The summed E-state index contributed by atoms with van der Waals surface area (Å²) in [5.41, 5.74) is 9.49. The van der Waals surface area contributed by atoms with E-state index in [1.165, 1.54) is 11.8 Å². The first-order chi connectivity index (χ1) is 22.3. The van der Waals surface area contributed by atoms with Crippen LogP contribution in [0.1, 0.15) is 35.0 Å². The number of benzene rings is 4. The van der Waals surface area contributed by atoms with Crippen LogP contribution in [-0.4, -0.2) is 15.0 Å². The molecule has 3 nitrogen and oxygen atoms in total. The summed E-state index contributed by atoms with van der Waals surface area (Å²) in [6.45, 7) is 2.32. The first-order valence-corrected chi connectivity index (χ1v) is 15.0. The van der Waals surface area contributed by atoms with Gasteiger partial charge in [0, 0.05) is 47.7 Å². The van der Waals surface area contributed by atoms with E-state index in [1.807, 2.05) is 36.5 Å². The Morgan fingerprint density at radius 2 is 1.50 bits per heavy atom. The molecule has 0 N–H and O–H groups in total. The van der Waals surface area contributed by atoms with E-state index in [-0.39, 0.29) is 25.7 Å². The van der Waals surface area contributed by atoms with Crippen LogP contribution in [0.25, 0.3) is 54.4 Å². The molecule has 3 heterocycles. The molecule has 0 saturated carbocycles. The van der Waals surface area contributed by atoms with E-state index in [2.05, 4.69) is 103 Å². The van der Waals surface area contributed by atoms with Crippen LogP contribution in [0.4, 0.5) is 0 Å². The molecule has 0 amide bonds. The second kappa shape index (κ2) is 14.5. The second-order valence-corrected chi connectivity index (χ2v) is 11.4. The van der Waals surface area contributed by atoms with Gasteiger partial charge in [-0.25, -0.2) is 0 Å². The number of thiazole rings is 1. The minimum atomic E-state index is -2.09. The van der Waals surface area contributed by atoms with Gasteiger partial charge in [0.15, 0.2) is 0 Å². The number of fused-ring (bicyclic) bond motifs is 1. The van der Waals surface area contributed by atoms with Crippen molar-refractivity contribution in [2.75, 3.05) is 0 Å². The molecule has 3 aromatic heterocycles. The number of hydrogen-bond acceptors (Lipinski definition) is 4. The monoisotopic (exact) mass is 769 g/mol. The smallest absolute Gasteiger partial charge is 0.112 e. The van der Waals surface area contributed by atoms with Crippen LogP contribution in [0.3, 0.4) is 0 Å². The standard InChI is InChI=1S/C27H21N2S.C12H10N.Ir/c1-18(2)21-13-14-28-24(16-21)22-15-23(19-9-5-3-6-10-19)26-25(17-22)30-27(29-26)20-11-7-4-8-12-20;1-10-7-8-12(13-9-10)11-5-3-2-4-6-11;/h3-16,18H,1-2H3;2-5,7-9H,1H3;/q2*-1;/i;1D3;. The largest absolute Gasteiger partial charge is 0.305 e. The predicted molar refractivity (Wildman–Crippen MR) is 180 cm³/mol. The molecule has 4 aromatic carbocycles. The van der Waals surface area contributed by atoms with Crippen molar-refractivity contribution < 1.29 is 24.2 Å². The average Bonchev–Trinajstić information content (AvgIpc) is 3.54. The molecule has 219 valence electrons. The zero-order valence-electron chi connectivity index (χ0n) is 27.3. The molecule has 0 unspecified atom stereocenters. The van der Waals surface area contributed by atoms with E-state index < -0.39 is 6.85 Å². The minimum absolute atomic E-state index is 0. The Morgan fingerprint density at radius 1 is 0.750 bits per heavy atom. The van der Waals surface area contributed by atoms with Crippen molar-refractivity contribution in [2.45, 2.75) is 26.6 Å². The molecular formula is C39H31IrN3S-2. The van der Waals surface area contributed by atoms with Gasteiger partial charge < -0.3 is 9.97 Å². The van der Waals surface area contributed by atoms with Gasteiger partial charge in [-0.2, -0.15) is 0 Å². The summed E-state index contributed by atoms with van der Waals surface area (Å²) < 4.78 is 22.8. The summed E-state index contributed by atoms with van der Waals surface area (Å²) in [5, 5.41) is 1.01. The predicted octanol–water partition coefficient (Wildman–Crippen LogP) is 10.5. The number of aryl methyl sites for hydroxylation is 1. The zero-order valence-corrected chi connectivity index (χ0v) is 27.5. The Kier molecular flexibility index (Phi) is 8.97. The summed E-state index contributed by atoms with van der Waals surface area (Å²) in [5.74, 6) is 0.456. The molecular weight excluding hydrogens is 735 g/mol. The SMILES string of the molecule is CC(C)c1ccnc(-c2[c-]c3sc(-c4ccccc4)nc3c(-c3ccccc3)c2)c1.[2H]C([2H])([2H])c1ccc(-c2[c-]cccc2)nc1.[Ir]. The number of rotatable bonds is 5. The van der Waals surface area contributed by atoms with Gasteiger partial charge in [-0.3, -0.25) is 4.98 Å². The third-order valence-electron chi connectivity index (χ3n) is 7.00. The Hall–Kier alpha value is -4.28. The Morgan fingerprint density at radius 3 is 2.16 bits per heavy atom. The molecule has 0 fully saturated rings. The van der Waals surface area contributed by atoms with Crippen LogP contribution in [0.15, 0.2) is 128 Å². The molecule has 7 rings (SSSR count). The summed E-state index contributed by atoms with van der Waals surface area (Å²) >= 11 is 1.68. The average molecular weight is 769 g/mol. The van der Waals surface area contributed by atoms with E-state index >= 15 is 0 Å². The Labute approximate surface area is 281 Å². The Bertz CT molecular complexity index is 2050. The van der Waals surface area contributed by atoms with Crippen LogP contribution >= 0.6 is 11.3 Å². The number of hydrogen-bond donors (Lipinski definition) is 0. The molecule has 0 spiro atoms. The van der Waals surface area contributed by atoms with Crippen molar-refractivity contribution in [3.05, 3.63) is 151 Å². The first kappa shape index (κ1) is 27.3. The topological polar surface area (TPSA) is 38.7 Å². The summed E-state index contributed by atoms with van der Waals surface area (Å²) in [6, 6.07) is 44.6. The molecule has 5 heteroatoms. The van der Waals surface area contributed by atoms with Gasteiger partial charge >= 0.3 is 0 Å². The van der Waals surface area contributed by atoms with E-state index in [1.54, 1.807) is 29.5 Å². The summed E-state index contributed by atoms with van der Waals surface area (Å²) in [7, 11) is 0. The molecule has 0 atom stereocenters. The number of nitrogens with zero attached hydrogens (tertiary/aromatic N) is 3. The third-order valence-corrected chi connectivity index (χ3v) is 8.02. The first-order valence-electron chi connectivity index (χ1n) is 15.6. The van der Waals surface area contributed by atoms with Crippen LogP contribution in [-0.2, 0) is 20.1 Å². The van der Waals surface area contributed by atoms with Crippen LogP contribution in [0.2, 0.25) is 0 Å². The molecule has 44 heavy (non-hydrogen) atoms. The summed E-state index contributed by atoms with van der Waals surface area (Å²) in [6.07, 6.45) is 3.29. The van der Waals surface area contributed by atoms with Crippen LogP contribution < -0.4 is 0 Å². The van der Waals surface area contributed by atoms with Gasteiger partial charge in [-0.05, 0) is 46.1 Å². The van der Waals surface area contributed by atoms with Crippen molar-refractivity contribution in [2.24, 2.45) is 0 Å². The van der Waals surface area contributed by atoms with E-state index in [9.17, 15) is 0 Å². The van der Waals surface area contributed by atoms with Crippen LogP contribution in [0, 0.1) is 19.0 Å². The fraction of sp³-hybridized carbons (Fsp3) is 0.103. The van der Waals surface area contributed by atoms with E-state index in [0.29, 0.717) is 5.92 Å². The molecule has 0 bridgehead atoms.